The topological polar surface area (TPSA) is 126 Å². The predicted octanol–water partition coefficient (Wildman–Crippen LogP) is 4.04. The summed E-state index contributed by atoms with van der Waals surface area (Å²) in [6, 6.07) is 17.8. The highest BCUT2D eigenvalue weighted by Gasteiger charge is 2.20. The third-order valence-electron chi connectivity index (χ3n) is 5.10. The zero-order valence-corrected chi connectivity index (χ0v) is 19.2. The van der Waals surface area contributed by atoms with E-state index in [0.29, 0.717) is 25.0 Å². The standard InChI is InChI=1S/C25H27N3O4.ClH/c1-2-3-23(29)28-22(25(30)31)13-17-6-9-20-14-21(11-10-19(20)12-17)32-15-16-4-7-18(8-5-16)24(26)27;/h4-12,14,22H,2-3,13,15H2,1H3,(H3,26,27)(H,28,29)(H,30,31);1H. The van der Waals surface area contributed by atoms with Gasteiger partial charge in [0.15, 0.2) is 0 Å². The quantitative estimate of drug-likeness (QED) is 0.263. The van der Waals surface area contributed by atoms with Crippen LogP contribution >= 0.6 is 12.4 Å². The van der Waals surface area contributed by atoms with Gasteiger partial charge in [-0.15, -0.1) is 12.4 Å². The molecule has 0 radical (unpaired) electrons. The molecule has 1 amide bonds. The molecule has 3 aromatic carbocycles. The lowest BCUT2D eigenvalue weighted by atomic mass is 10.0. The summed E-state index contributed by atoms with van der Waals surface area (Å²) in [5.74, 6) is -0.548. The van der Waals surface area contributed by atoms with E-state index in [1.807, 2.05) is 55.5 Å². The molecule has 0 fully saturated rings. The average Bonchev–Trinajstić information content (AvgIpc) is 2.77. The summed E-state index contributed by atoms with van der Waals surface area (Å²) in [5, 5.41) is 21.4. The van der Waals surface area contributed by atoms with Crippen molar-refractivity contribution in [3.8, 4) is 5.75 Å². The van der Waals surface area contributed by atoms with E-state index in [1.54, 1.807) is 12.1 Å². The molecule has 1 atom stereocenters. The molecule has 0 saturated carbocycles. The molecule has 8 heteroatoms. The number of fused-ring (bicyclic) bond motifs is 1. The maximum absolute atomic E-state index is 11.8. The number of rotatable bonds is 10. The summed E-state index contributed by atoms with van der Waals surface area (Å²) in [6.45, 7) is 2.26. The molecule has 0 spiro atoms. The Labute approximate surface area is 198 Å². The molecule has 0 bridgehead atoms. The van der Waals surface area contributed by atoms with Crippen LogP contribution in [0.3, 0.4) is 0 Å². The Hall–Kier alpha value is -3.58. The summed E-state index contributed by atoms with van der Waals surface area (Å²) < 4.78 is 5.88. The minimum absolute atomic E-state index is 0. The van der Waals surface area contributed by atoms with Crippen LogP contribution in [0.5, 0.6) is 5.75 Å². The van der Waals surface area contributed by atoms with Gasteiger partial charge in [-0.3, -0.25) is 10.2 Å². The minimum Gasteiger partial charge on any atom is -0.489 e. The van der Waals surface area contributed by atoms with Crippen molar-refractivity contribution >= 4 is 40.9 Å². The van der Waals surface area contributed by atoms with Crippen molar-refractivity contribution in [2.45, 2.75) is 38.8 Å². The van der Waals surface area contributed by atoms with Crippen LogP contribution < -0.4 is 15.8 Å². The van der Waals surface area contributed by atoms with E-state index in [2.05, 4.69) is 5.32 Å². The number of carboxylic acids is 1. The van der Waals surface area contributed by atoms with Gasteiger partial charge in [0, 0.05) is 18.4 Å². The summed E-state index contributed by atoms with van der Waals surface area (Å²) in [5.41, 5.74) is 7.95. The number of carbonyl (C=O) groups excluding carboxylic acids is 1. The molecule has 5 N–H and O–H groups in total. The first-order valence-corrected chi connectivity index (χ1v) is 10.5. The van der Waals surface area contributed by atoms with Crippen molar-refractivity contribution in [2.75, 3.05) is 0 Å². The Bertz CT molecular complexity index is 1130. The summed E-state index contributed by atoms with van der Waals surface area (Å²) in [4.78, 5) is 23.3. The molecule has 1 unspecified atom stereocenters. The number of halogens is 1. The number of nitrogens with one attached hydrogen (secondary N) is 2. The minimum atomic E-state index is -1.05. The van der Waals surface area contributed by atoms with Crippen LogP contribution in [0.4, 0.5) is 0 Å². The zero-order valence-electron chi connectivity index (χ0n) is 18.3. The monoisotopic (exact) mass is 469 g/mol. The molecule has 3 aromatic rings. The van der Waals surface area contributed by atoms with Gasteiger partial charge in [0.25, 0.3) is 0 Å². The number of nitrogens with two attached hydrogens (primary N) is 1. The van der Waals surface area contributed by atoms with E-state index in [9.17, 15) is 14.7 Å². The molecule has 0 aliphatic carbocycles. The zero-order chi connectivity index (χ0) is 23.1. The van der Waals surface area contributed by atoms with Crippen molar-refractivity contribution < 1.29 is 19.4 Å². The van der Waals surface area contributed by atoms with Crippen molar-refractivity contribution in [1.29, 1.82) is 5.41 Å². The normalized spacial score (nSPS) is 11.3. The molecule has 7 nitrogen and oxygen atoms in total. The molecule has 33 heavy (non-hydrogen) atoms. The largest absolute Gasteiger partial charge is 0.489 e. The van der Waals surface area contributed by atoms with E-state index in [1.165, 1.54) is 0 Å². The van der Waals surface area contributed by atoms with Crippen LogP contribution in [-0.2, 0) is 22.6 Å². The lowest BCUT2D eigenvalue weighted by molar-refractivity contribution is -0.141. The van der Waals surface area contributed by atoms with Gasteiger partial charge in [-0.05, 0) is 40.5 Å². The number of amides is 1. The fourth-order valence-corrected chi connectivity index (χ4v) is 3.37. The first kappa shape index (κ1) is 25.7. The number of nitrogen functional groups attached to an aromatic ring is 1. The van der Waals surface area contributed by atoms with Crippen LogP contribution in [0, 0.1) is 5.41 Å². The number of hydrogen-bond donors (Lipinski definition) is 4. The van der Waals surface area contributed by atoms with Gasteiger partial charge in [-0.2, -0.15) is 0 Å². The van der Waals surface area contributed by atoms with Gasteiger partial charge in [-0.25, -0.2) is 4.79 Å². The second-order valence-electron chi connectivity index (χ2n) is 7.66. The van der Waals surface area contributed by atoms with Crippen LogP contribution in [-0.4, -0.2) is 28.9 Å². The van der Waals surface area contributed by atoms with E-state index in [0.717, 1.165) is 27.6 Å². The lowest BCUT2D eigenvalue weighted by Gasteiger charge is -2.15. The number of carbonyl (C=O) groups is 2. The molecule has 0 aliphatic rings. The van der Waals surface area contributed by atoms with Crippen LogP contribution in [0.25, 0.3) is 10.8 Å². The molecular formula is C25H28ClN3O4. The third-order valence-corrected chi connectivity index (χ3v) is 5.10. The van der Waals surface area contributed by atoms with Crippen molar-refractivity contribution in [2.24, 2.45) is 5.73 Å². The van der Waals surface area contributed by atoms with Crippen molar-refractivity contribution in [3.63, 3.8) is 0 Å². The molecule has 0 saturated heterocycles. The highest BCUT2D eigenvalue weighted by atomic mass is 35.5. The number of aliphatic carboxylic acids is 1. The highest BCUT2D eigenvalue weighted by molar-refractivity contribution is 5.94. The highest BCUT2D eigenvalue weighted by Crippen LogP contribution is 2.23. The van der Waals surface area contributed by atoms with Gasteiger partial charge >= 0.3 is 5.97 Å². The molecular weight excluding hydrogens is 442 g/mol. The smallest absolute Gasteiger partial charge is 0.326 e. The number of ether oxygens (including phenoxy) is 1. The molecule has 0 aliphatic heterocycles. The van der Waals surface area contributed by atoms with Gasteiger partial charge in [0.05, 0.1) is 0 Å². The predicted molar refractivity (Wildman–Crippen MR) is 131 cm³/mol. The Morgan fingerprint density at radius 2 is 1.67 bits per heavy atom. The lowest BCUT2D eigenvalue weighted by Crippen LogP contribution is -2.42. The Kier molecular flexibility index (Phi) is 9.24. The maximum atomic E-state index is 11.8. The molecule has 3 rings (SSSR count). The molecule has 174 valence electrons. The SMILES string of the molecule is CCCC(=O)NC(Cc1ccc2cc(OCc3ccc(C(=N)N)cc3)ccc2c1)C(=O)O.Cl. The summed E-state index contributed by atoms with van der Waals surface area (Å²) in [6.07, 6.45) is 1.20. The van der Waals surface area contributed by atoms with Crippen molar-refractivity contribution in [3.05, 3.63) is 77.4 Å². The second kappa shape index (κ2) is 11.9. The Morgan fingerprint density at radius 3 is 2.30 bits per heavy atom. The summed E-state index contributed by atoms with van der Waals surface area (Å²) in [7, 11) is 0. The van der Waals surface area contributed by atoms with E-state index < -0.39 is 12.0 Å². The third kappa shape index (κ3) is 7.22. The number of amidine groups is 1. The van der Waals surface area contributed by atoms with Crippen LogP contribution in [0.1, 0.15) is 36.5 Å². The second-order valence-corrected chi connectivity index (χ2v) is 7.66. The Balaban J connectivity index is 0.00000385. The van der Waals surface area contributed by atoms with Crippen LogP contribution in [0.2, 0.25) is 0 Å². The number of benzene rings is 3. The van der Waals surface area contributed by atoms with Gasteiger partial charge in [0.1, 0.15) is 24.2 Å². The van der Waals surface area contributed by atoms with Crippen LogP contribution in [0.15, 0.2) is 60.7 Å². The first-order valence-electron chi connectivity index (χ1n) is 10.5. The maximum Gasteiger partial charge on any atom is 0.326 e. The number of carboxylic acid groups (broad SMARTS) is 1. The van der Waals surface area contributed by atoms with Crippen molar-refractivity contribution in [1.82, 2.24) is 5.32 Å². The summed E-state index contributed by atoms with van der Waals surface area (Å²) >= 11 is 0. The van der Waals surface area contributed by atoms with E-state index in [-0.39, 0.29) is 30.6 Å². The van der Waals surface area contributed by atoms with Gasteiger partial charge in [0.2, 0.25) is 5.91 Å². The number of hydrogen-bond acceptors (Lipinski definition) is 4. The van der Waals surface area contributed by atoms with Gasteiger partial charge < -0.3 is 20.9 Å². The van der Waals surface area contributed by atoms with Gasteiger partial charge in [-0.1, -0.05) is 55.5 Å². The molecule has 0 aromatic heterocycles. The fraction of sp³-hybridized carbons (Fsp3) is 0.240. The first-order chi connectivity index (χ1) is 15.4. The van der Waals surface area contributed by atoms with E-state index in [4.69, 9.17) is 15.9 Å². The molecule has 0 heterocycles. The fourth-order valence-electron chi connectivity index (χ4n) is 3.37. The van der Waals surface area contributed by atoms with E-state index >= 15 is 0 Å². The Morgan fingerprint density at radius 1 is 1.03 bits per heavy atom. The average molecular weight is 470 g/mol.